The molecular weight excluding hydrogens is 536 g/mol. The Kier molecular flexibility index (Phi) is 6.95. The minimum Gasteiger partial charge on any atom is -0.480 e. The summed E-state index contributed by atoms with van der Waals surface area (Å²) in [6, 6.07) is 10.1. The van der Waals surface area contributed by atoms with E-state index >= 15 is 4.39 Å². The summed E-state index contributed by atoms with van der Waals surface area (Å²) in [6.45, 7) is 1.50. The van der Waals surface area contributed by atoms with Gasteiger partial charge in [0.15, 0.2) is 11.5 Å². The van der Waals surface area contributed by atoms with Crippen LogP contribution in [0.2, 0.25) is 10.0 Å². The number of amides is 1. The van der Waals surface area contributed by atoms with Gasteiger partial charge in [0, 0.05) is 11.2 Å². The van der Waals surface area contributed by atoms with E-state index in [0.717, 1.165) is 0 Å². The van der Waals surface area contributed by atoms with E-state index in [0.29, 0.717) is 27.7 Å². The number of rotatable bonds is 7. The van der Waals surface area contributed by atoms with Gasteiger partial charge in [-0.3, -0.25) is 9.69 Å². The number of benzene rings is 2. The number of carbonyl (C=O) groups excluding carboxylic acids is 1. The van der Waals surface area contributed by atoms with E-state index in [-0.39, 0.29) is 34.9 Å². The van der Waals surface area contributed by atoms with E-state index in [1.54, 1.807) is 41.8 Å². The second-order valence-corrected chi connectivity index (χ2v) is 9.40. The molecule has 0 saturated heterocycles. The highest BCUT2D eigenvalue weighted by Gasteiger charge is 2.46. The van der Waals surface area contributed by atoms with Crippen molar-refractivity contribution in [2.75, 3.05) is 25.7 Å². The van der Waals surface area contributed by atoms with Crippen molar-refractivity contribution in [3.8, 4) is 23.3 Å². The van der Waals surface area contributed by atoms with Crippen molar-refractivity contribution in [3.63, 3.8) is 0 Å². The van der Waals surface area contributed by atoms with E-state index in [9.17, 15) is 9.90 Å². The second kappa shape index (κ2) is 10.2. The summed E-state index contributed by atoms with van der Waals surface area (Å²) in [4.78, 5) is 28.3. The lowest BCUT2D eigenvalue weighted by Gasteiger charge is -2.29. The summed E-state index contributed by atoms with van der Waals surface area (Å²) < 4.78 is 27.6. The molecule has 0 fully saturated rings. The SMILES string of the molecule is COc1ncc(-c2nc3c(n2[C@H](C)CO)[C@@H](c2ccc(Cl)cc2)N(c2cccc(Cl)c2F)C3=O)c(OC)n1. The number of nitrogens with zero attached hydrogens (tertiary/aromatic N) is 5. The van der Waals surface area contributed by atoms with Crippen molar-refractivity contribution in [1.82, 2.24) is 19.5 Å². The van der Waals surface area contributed by atoms with Gasteiger partial charge >= 0.3 is 6.01 Å². The zero-order valence-corrected chi connectivity index (χ0v) is 22.0. The number of fused-ring (bicyclic) bond motifs is 1. The number of aliphatic hydroxyl groups is 1. The number of aromatic nitrogens is 4. The summed E-state index contributed by atoms with van der Waals surface area (Å²) in [6.07, 6.45) is 1.47. The third-order valence-electron chi connectivity index (χ3n) is 6.32. The van der Waals surface area contributed by atoms with E-state index in [2.05, 4.69) is 15.0 Å². The van der Waals surface area contributed by atoms with Crippen LogP contribution in [0.1, 0.15) is 40.8 Å². The highest BCUT2D eigenvalue weighted by molar-refractivity contribution is 6.31. The molecule has 0 saturated carbocycles. The molecule has 0 bridgehead atoms. The number of carbonyl (C=O) groups is 1. The van der Waals surface area contributed by atoms with Crippen LogP contribution in [0, 0.1) is 5.82 Å². The van der Waals surface area contributed by atoms with E-state index in [1.807, 2.05) is 0 Å². The number of hydrogen-bond acceptors (Lipinski definition) is 7. The molecule has 2 atom stereocenters. The average Bonchev–Trinajstić information content (AvgIpc) is 3.45. The number of anilines is 1. The first kappa shape index (κ1) is 25.9. The van der Waals surface area contributed by atoms with Gasteiger partial charge in [0.25, 0.3) is 5.91 Å². The van der Waals surface area contributed by atoms with Crippen LogP contribution in [0.15, 0.2) is 48.7 Å². The molecule has 12 heteroatoms. The topological polar surface area (TPSA) is 103 Å². The maximum atomic E-state index is 15.3. The third kappa shape index (κ3) is 4.14. The first-order chi connectivity index (χ1) is 18.3. The van der Waals surface area contributed by atoms with E-state index in [1.165, 1.54) is 37.4 Å². The fourth-order valence-corrected chi connectivity index (χ4v) is 4.87. The summed E-state index contributed by atoms with van der Waals surface area (Å²) in [5.74, 6) is -0.812. The van der Waals surface area contributed by atoms with Gasteiger partial charge in [0.1, 0.15) is 11.9 Å². The first-order valence-electron chi connectivity index (χ1n) is 11.5. The summed E-state index contributed by atoms with van der Waals surface area (Å²) in [7, 11) is 2.86. The largest absolute Gasteiger partial charge is 0.480 e. The normalized spacial score (nSPS) is 15.5. The van der Waals surface area contributed by atoms with Gasteiger partial charge in [0.05, 0.1) is 48.8 Å². The van der Waals surface area contributed by atoms with E-state index in [4.69, 9.17) is 32.7 Å². The molecule has 3 heterocycles. The highest BCUT2D eigenvalue weighted by atomic mass is 35.5. The van der Waals surface area contributed by atoms with Gasteiger partial charge in [-0.25, -0.2) is 14.4 Å². The zero-order chi connectivity index (χ0) is 27.1. The molecule has 4 aromatic rings. The molecule has 196 valence electrons. The number of halogens is 3. The molecule has 0 spiro atoms. The smallest absolute Gasteiger partial charge is 0.319 e. The molecule has 9 nitrogen and oxygen atoms in total. The number of aliphatic hydroxyl groups excluding tert-OH is 1. The Balaban J connectivity index is 1.80. The van der Waals surface area contributed by atoms with Crippen LogP contribution in [-0.2, 0) is 0 Å². The third-order valence-corrected chi connectivity index (χ3v) is 6.86. The van der Waals surface area contributed by atoms with Gasteiger partial charge < -0.3 is 19.1 Å². The standard InChI is InChI=1S/C26H22Cl2FN5O4/c1-13(12-35)33-22-20(31-23(33)16-11-30-26(38-3)32-24(16)37-2)25(36)34(18-6-4-5-17(28)19(18)29)21(22)14-7-9-15(27)10-8-14/h4-11,13,21,35H,12H2,1-3H3/t13-,21-/m1/s1. The van der Waals surface area contributed by atoms with Gasteiger partial charge in [-0.1, -0.05) is 41.4 Å². The van der Waals surface area contributed by atoms with Crippen molar-refractivity contribution in [2.24, 2.45) is 0 Å². The summed E-state index contributed by atoms with van der Waals surface area (Å²) >= 11 is 12.2. The van der Waals surface area contributed by atoms with Crippen molar-refractivity contribution in [3.05, 3.63) is 81.5 Å². The Hall–Kier alpha value is -3.73. The molecule has 1 aliphatic heterocycles. The van der Waals surface area contributed by atoms with Crippen LogP contribution >= 0.6 is 23.2 Å². The molecule has 2 aromatic carbocycles. The van der Waals surface area contributed by atoms with Crippen LogP contribution in [0.4, 0.5) is 10.1 Å². The molecule has 0 unspecified atom stereocenters. The number of ether oxygens (including phenoxy) is 2. The molecule has 38 heavy (non-hydrogen) atoms. The Bertz CT molecular complexity index is 1530. The number of methoxy groups -OCH3 is 2. The molecule has 1 aliphatic rings. The highest BCUT2D eigenvalue weighted by Crippen LogP contribution is 2.46. The predicted octanol–water partition coefficient (Wildman–Crippen LogP) is 5.11. The first-order valence-corrected chi connectivity index (χ1v) is 12.3. The number of hydrogen-bond donors (Lipinski definition) is 1. The Morgan fingerprint density at radius 3 is 2.50 bits per heavy atom. The van der Waals surface area contributed by atoms with E-state index < -0.39 is 23.8 Å². The van der Waals surface area contributed by atoms with Crippen molar-refractivity contribution < 1.29 is 23.8 Å². The Labute approximate surface area is 227 Å². The lowest BCUT2D eigenvalue weighted by atomic mass is 10.0. The molecule has 1 N–H and O–H groups in total. The second-order valence-electron chi connectivity index (χ2n) is 8.55. The lowest BCUT2D eigenvalue weighted by molar-refractivity contribution is 0.0988. The minimum absolute atomic E-state index is 0.00411. The molecule has 0 aliphatic carbocycles. The van der Waals surface area contributed by atoms with Gasteiger partial charge in [0.2, 0.25) is 5.88 Å². The molecular formula is C26H22Cl2FN5O4. The van der Waals surface area contributed by atoms with Gasteiger partial charge in [-0.2, -0.15) is 4.98 Å². The lowest BCUT2D eigenvalue weighted by Crippen LogP contribution is -2.31. The maximum Gasteiger partial charge on any atom is 0.319 e. The van der Waals surface area contributed by atoms with Crippen molar-refractivity contribution in [1.29, 1.82) is 0 Å². The predicted molar refractivity (Wildman–Crippen MR) is 140 cm³/mol. The fraction of sp³-hybridized carbons (Fsp3) is 0.231. The molecule has 5 rings (SSSR count). The summed E-state index contributed by atoms with van der Waals surface area (Å²) in [5.41, 5.74) is 1.56. The molecule has 2 aromatic heterocycles. The van der Waals surface area contributed by atoms with Crippen LogP contribution < -0.4 is 14.4 Å². The minimum atomic E-state index is -0.817. The Morgan fingerprint density at radius 1 is 1.11 bits per heavy atom. The number of imidazole rings is 1. The molecule has 0 radical (unpaired) electrons. The zero-order valence-electron chi connectivity index (χ0n) is 20.5. The summed E-state index contributed by atoms with van der Waals surface area (Å²) in [5, 5.41) is 10.6. The van der Waals surface area contributed by atoms with Crippen LogP contribution in [0.3, 0.4) is 0 Å². The van der Waals surface area contributed by atoms with Crippen LogP contribution in [0.5, 0.6) is 11.9 Å². The van der Waals surface area contributed by atoms with Crippen LogP contribution in [0.25, 0.3) is 11.4 Å². The van der Waals surface area contributed by atoms with Gasteiger partial charge in [-0.05, 0) is 36.8 Å². The maximum absolute atomic E-state index is 15.3. The molecule has 1 amide bonds. The van der Waals surface area contributed by atoms with Crippen LogP contribution in [-0.4, -0.2) is 51.4 Å². The quantitative estimate of drug-likeness (QED) is 0.337. The fourth-order valence-electron chi connectivity index (χ4n) is 4.57. The van der Waals surface area contributed by atoms with Crippen molar-refractivity contribution in [2.45, 2.75) is 19.0 Å². The average molecular weight is 558 g/mol. The Morgan fingerprint density at radius 2 is 1.84 bits per heavy atom. The monoisotopic (exact) mass is 557 g/mol. The van der Waals surface area contributed by atoms with Gasteiger partial charge in [-0.15, -0.1) is 0 Å². The van der Waals surface area contributed by atoms with Crippen molar-refractivity contribution >= 4 is 34.8 Å².